The van der Waals surface area contributed by atoms with Crippen LogP contribution in [0.5, 0.6) is 5.75 Å². The molecule has 94 valence electrons. The van der Waals surface area contributed by atoms with E-state index in [1.165, 1.54) is 5.56 Å². The van der Waals surface area contributed by atoms with E-state index in [1.54, 1.807) is 17.8 Å². The Bertz CT molecular complexity index is 529. The molecule has 18 heavy (non-hydrogen) atoms. The van der Waals surface area contributed by atoms with Crippen molar-refractivity contribution in [2.75, 3.05) is 0 Å². The molecule has 0 aliphatic carbocycles. The first-order chi connectivity index (χ1) is 8.68. The lowest BCUT2D eigenvalue weighted by Gasteiger charge is -2.07. The molecule has 0 aliphatic rings. The van der Waals surface area contributed by atoms with Gasteiger partial charge < -0.3 is 5.11 Å². The summed E-state index contributed by atoms with van der Waals surface area (Å²) in [5.41, 5.74) is 2.23. The fraction of sp³-hybridized carbons (Fsp3) is 0.143. The maximum atomic E-state index is 9.40. The van der Waals surface area contributed by atoms with Crippen LogP contribution in [0, 0.1) is 0 Å². The lowest BCUT2D eigenvalue weighted by atomic mass is 10.2. The average molecular weight is 299 g/mol. The summed E-state index contributed by atoms with van der Waals surface area (Å²) >= 11 is 13.7. The van der Waals surface area contributed by atoms with E-state index in [2.05, 4.69) is 12.1 Å². The second-order valence-electron chi connectivity index (χ2n) is 3.85. The number of phenolic OH excluding ortho intramolecular Hbond substituents is 1. The monoisotopic (exact) mass is 298 g/mol. The number of thioether (sulfide) groups is 1. The van der Waals surface area contributed by atoms with Crippen molar-refractivity contribution in [3.8, 4) is 5.75 Å². The maximum Gasteiger partial charge on any atom is 0.135 e. The molecule has 0 amide bonds. The molecular formula is C14H12Cl2OS. The first kappa shape index (κ1) is 13.6. The molecule has 0 saturated carbocycles. The highest BCUT2D eigenvalue weighted by Crippen LogP contribution is 2.35. The van der Waals surface area contributed by atoms with Crippen LogP contribution in [0.4, 0.5) is 0 Å². The Morgan fingerprint density at radius 1 is 0.889 bits per heavy atom. The number of hydrogen-bond donors (Lipinski definition) is 1. The molecule has 0 heterocycles. The topological polar surface area (TPSA) is 20.2 Å². The molecule has 0 spiro atoms. The van der Waals surface area contributed by atoms with E-state index in [0.29, 0.717) is 5.02 Å². The van der Waals surface area contributed by atoms with Crippen LogP contribution >= 0.6 is 35.0 Å². The molecule has 0 radical (unpaired) electrons. The molecule has 4 heteroatoms. The van der Waals surface area contributed by atoms with Gasteiger partial charge in [-0.15, -0.1) is 0 Å². The summed E-state index contributed by atoms with van der Waals surface area (Å²) < 4.78 is 0. The zero-order chi connectivity index (χ0) is 13.0. The maximum absolute atomic E-state index is 9.40. The second-order valence-corrected chi connectivity index (χ2v) is 5.59. The number of phenols is 1. The third kappa shape index (κ3) is 3.35. The summed E-state index contributed by atoms with van der Waals surface area (Å²) in [4.78, 5) is 0. The van der Waals surface area contributed by atoms with E-state index >= 15 is 0 Å². The first-order valence-electron chi connectivity index (χ1n) is 5.46. The van der Waals surface area contributed by atoms with Gasteiger partial charge >= 0.3 is 0 Å². The highest BCUT2D eigenvalue weighted by atomic mass is 35.5. The van der Waals surface area contributed by atoms with Gasteiger partial charge in [-0.05, 0) is 17.2 Å². The van der Waals surface area contributed by atoms with Crippen LogP contribution in [-0.4, -0.2) is 5.11 Å². The summed E-state index contributed by atoms with van der Waals surface area (Å²) in [7, 11) is 0. The van der Waals surface area contributed by atoms with Gasteiger partial charge in [0.15, 0.2) is 0 Å². The van der Waals surface area contributed by atoms with Crippen molar-refractivity contribution >= 4 is 35.0 Å². The van der Waals surface area contributed by atoms with Gasteiger partial charge in [0.1, 0.15) is 10.8 Å². The van der Waals surface area contributed by atoms with E-state index in [0.717, 1.165) is 17.1 Å². The second kappa shape index (κ2) is 6.37. The number of benzene rings is 2. The third-order valence-corrected chi connectivity index (χ3v) is 4.47. The number of rotatable bonds is 4. The molecule has 1 N–H and O–H groups in total. The molecule has 0 unspecified atom stereocenters. The number of aromatic hydroxyl groups is 1. The Labute approximate surface area is 121 Å². The van der Waals surface area contributed by atoms with Gasteiger partial charge in [0.2, 0.25) is 0 Å². The molecule has 0 aliphatic heterocycles. The Morgan fingerprint density at radius 3 is 2.33 bits per heavy atom. The molecule has 2 aromatic carbocycles. The lowest BCUT2D eigenvalue weighted by molar-refractivity contribution is 0.475. The summed E-state index contributed by atoms with van der Waals surface area (Å²) in [6.07, 6.45) is 0. The van der Waals surface area contributed by atoms with Crippen molar-refractivity contribution < 1.29 is 5.11 Å². The van der Waals surface area contributed by atoms with Gasteiger partial charge in [-0.2, -0.15) is 11.8 Å². The minimum atomic E-state index is 0.0264. The Kier molecular flexibility index (Phi) is 4.81. The molecule has 0 aromatic heterocycles. The standard InChI is InChI=1S/C14H12Cl2OS/c15-13-11(6-7-12(17)14(13)16)9-18-8-10-4-2-1-3-5-10/h1-7,17H,8-9H2. The predicted octanol–water partition coefficient (Wildman–Crippen LogP) is 5.13. The van der Waals surface area contributed by atoms with Crippen molar-refractivity contribution in [2.45, 2.75) is 11.5 Å². The fourth-order valence-corrected chi connectivity index (χ4v) is 3.02. The third-order valence-electron chi connectivity index (χ3n) is 2.51. The number of hydrogen-bond acceptors (Lipinski definition) is 2. The molecular weight excluding hydrogens is 287 g/mol. The van der Waals surface area contributed by atoms with Gasteiger partial charge in [-0.3, -0.25) is 0 Å². The fourth-order valence-electron chi connectivity index (χ4n) is 1.54. The Morgan fingerprint density at radius 2 is 1.61 bits per heavy atom. The van der Waals surface area contributed by atoms with E-state index in [1.807, 2.05) is 24.3 Å². The van der Waals surface area contributed by atoms with Crippen LogP contribution < -0.4 is 0 Å². The van der Waals surface area contributed by atoms with Gasteiger partial charge in [-0.25, -0.2) is 0 Å². The van der Waals surface area contributed by atoms with Gasteiger partial charge in [0.05, 0.1) is 5.02 Å². The van der Waals surface area contributed by atoms with E-state index in [9.17, 15) is 5.11 Å². The zero-order valence-electron chi connectivity index (χ0n) is 9.57. The highest BCUT2D eigenvalue weighted by Gasteiger charge is 2.09. The zero-order valence-corrected chi connectivity index (χ0v) is 11.9. The van der Waals surface area contributed by atoms with Crippen LogP contribution in [0.25, 0.3) is 0 Å². The minimum absolute atomic E-state index is 0.0264. The van der Waals surface area contributed by atoms with E-state index < -0.39 is 0 Å². The quantitative estimate of drug-likeness (QED) is 0.844. The first-order valence-corrected chi connectivity index (χ1v) is 7.37. The summed E-state index contributed by atoms with van der Waals surface area (Å²) in [5.74, 6) is 1.72. The number of halogens is 2. The summed E-state index contributed by atoms with van der Waals surface area (Å²) in [5, 5.41) is 10.1. The van der Waals surface area contributed by atoms with Crippen molar-refractivity contribution in [1.82, 2.24) is 0 Å². The largest absolute Gasteiger partial charge is 0.506 e. The molecule has 0 saturated heterocycles. The van der Waals surface area contributed by atoms with Crippen molar-refractivity contribution in [1.29, 1.82) is 0 Å². The minimum Gasteiger partial charge on any atom is -0.506 e. The predicted molar refractivity (Wildman–Crippen MR) is 79.6 cm³/mol. The molecule has 0 bridgehead atoms. The normalized spacial score (nSPS) is 10.6. The molecule has 2 aromatic rings. The molecule has 0 atom stereocenters. The van der Waals surface area contributed by atoms with E-state index in [-0.39, 0.29) is 10.8 Å². The van der Waals surface area contributed by atoms with Crippen LogP contribution in [0.15, 0.2) is 42.5 Å². The SMILES string of the molecule is Oc1ccc(CSCc2ccccc2)c(Cl)c1Cl. The Balaban J connectivity index is 1.97. The van der Waals surface area contributed by atoms with Gasteiger partial charge in [0, 0.05) is 11.5 Å². The van der Waals surface area contributed by atoms with Gasteiger partial charge in [-0.1, -0.05) is 59.6 Å². The van der Waals surface area contributed by atoms with Crippen LogP contribution in [0.2, 0.25) is 10.0 Å². The Hall–Kier alpha value is -0.830. The summed E-state index contributed by atoms with van der Waals surface area (Å²) in [6.45, 7) is 0. The van der Waals surface area contributed by atoms with Crippen molar-refractivity contribution in [2.24, 2.45) is 0 Å². The highest BCUT2D eigenvalue weighted by molar-refractivity contribution is 7.97. The van der Waals surface area contributed by atoms with Crippen molar-refractivity contribution in [3.05, 3.63) is 63.6 Å². The van der Waals surface area contributed by atoms with Gasteiger partial charge in [0.25, 0.3) is 0 Å². The van der Waals surface area contributed by atoms with Crippen LogP contribution in [-0.2, 0) is 11.5 Å². The molecule has 0 fully saturated rings. The van der Waals surface area contributed by atoms with Crippen LogP contribution in [0.1, 0.15) is 11.1 Å². The summed E-state index contributed by atoms with van der Waals surface area (Å²) in [6, 6.07) is 13.6. The average Bonchev–Trinajstić information content (AvgIpc) is 2.40. The molecule has 1 nitrogen and oxygen atoms in total. The van der Waals surface area contributed by atoms with E-state index in [4.69, 9.17) is 23.2 Å². The molecule has 2 rings (SSSR count). The van der Waals surface area contributed by atoms with Crippen molar-refractivity contribution in [3.63, 3.8) is 0 Å². The van der Waals surface area contributed by atoms with Crippen LogP contribution in [0.3, 0.4) is 0 Å². The lowest BCUT2D eigenvalue weighted by Crippen LogP contribution is -1.86. The smallest absolute Gasteiger partial charge is 0.135 e.